The van der Waals surface area contributed by atoms with Crippen LogP contribution >= 0.6 is 0 Å². The van der Waals surface area contributed by atoms with Crippen LogP contribution in [0, 0.1) is 18.8 Å². The van der Waals surface area contributed by atoms with Crippen molar-refractivity contribution in [2.45, 2.75) is 59.7 Å². The summed E-state index contributed by atoms with van der Waals surface area (Å²) in [5.74, 6) is 0.635. The van der Waals surface area contributed by atoms with Crippen LogP contribution in [0.25, 0.3) is 0 Å². The maximum absolute atomic E-state index is 13.5. The SMILES string of the molecule is CCCOC(=O)C1CNCCC1N(Cc1ccc(C)cc1)C(=O)NCc1ccc(OCC(C)C)cc1. The Balaban J connectivity index is 1.73. The summed E-state index contributed by atoms with van der Waals surface area (Å²) >= 11 is 0. The number of urea groups is 1. The van der Waals surface area contributed by atoms with E-state index in [2.05, 4.69) is 24.5 Å². The van der Waals surface area contributed by atoms with Crippen molar-refractivity contribution in [1.29, 1.82) is 0 Å². The van der Waals surface area contributed by atoms with Crippen molar-refractivity contribution in [2.24, 2.45) is 11.8 Å². The number of amides is 2. The fourth-order valence-electron chi connectivity index (χ4n) is 4.24. The number of piperidine rings is 1. The predicted molar refractivity (Wildman–Crippen MR) is 142 cm³/mol. The van der Waals surface area contributed by atoms with E-state index >= 15 is 0 Å². The molecule has 0 aliphatic carbocycles. The third-order valence-electron chi connectivity index (χ3n) is 6.28. The highest BCUT2D eigenvalue weighted by molar-refractivity contribution is 5.78. The Kier molecular flexibility index (Phi) is 10.6. The van der Waals surface area contributed by atoms with Crippen LogP contribution in [0.5, 0.6) is 5.75 Å². The van der Waals surface area contributed by atoms with Gasteiger partial charge in [0.05, 0.1) is 19.1 Å². The minimum atomic E-state index is -0.404. The molecular formula is C29H41N3O4. The molecule has 196 valence electrons. The molecule has 2 aromatic rings. The van der Waals surface area contributed by atoms with Gasteiger partial charge in [-0.1, -0.05) is 62.7 Å². The second kappa shape index (κ2) is 13.9. The molecule has 2 unspecified atom stereocenters. The lowest BCUT2D eigenvalue weighted by Gasteiger charge is -2.39. The summed E-state index contributed by atoms with van der Waals surface area (Å²) in [4.78, 5) is 28.2. The zero-order valence-electron chi connectivity index (χ0n) is 22.1. The van der Waals surface area contributed by atoms with Gasteiger partial charge in [0.1, 0.15) is 5.75 Å². The molecule has 1 fully saturated rings. The summed E-state index contributed by atoms with van der Waals surface area (Å²) in [7, 11) is 0. The fraction of sp³-hybridized carbons (Fsp3) is 0.517. The van der Waals surface area contributed by atoms with Crippen molar-refractivity contribution in [1.82, 2.24) is 15.5 Å². The lowest BCUT2D eigenvalue weighted by atomic mass is 9.91. The first kappa shape index (κ1) is 27.5. The minimum absolute atomic E-state index is 0.184. The number of esters is 1. The number of hydrogen-bond donors (Lipinski definition) is 2. The number of ether oxygens (including phenoxy) is 2. The average molecular weight is 496 g/mol. The van der Waals surface area contributed by atoms with Crippen LogP contribution in [-0.4, -0.2) is 49.2 Å². The maximum atomic E-state index is 13.5. The van der Waals surface area contributed by atoms with Crippen molar-refractivity contribution in [3.8, 4) is 5.75 Å². The minimum Gasteiger partial charge on any atom is -0.493 e. The average Bonchev–Trinajstić information content (AvgIpc) is 2.89. The molecule has 1 aliphatic rings. The molecule has 3 rings (SSSR count). The second-order valence-corrected chi connectivity index (χ2v) is 9.96. The highest BCUT2D eigenvalue weighted by Gasteiger charge is 2.38. The molecule has 0 bridgehead atoms. The van der Waals surface area contributed by atoms with E-state index in [1.807, 2.05) is 67.3 Å². The van der Waals surface area contributed by atoms with E-state index in [4.69, 9.17) is 9.47 Å². The van der Waals surface area contributed by atoms with E-state index in [-0.39, 0.29) is 18.0 Å². The van der Waals surface area contributed by atoms with Crippen LogP contribution in [0.4, 0.5) is 4.79 Å². The standard InChI is InChI=1S/C29H41N3O4/c1-5-16-35-28(33)26-18-30-15-14-27(26)32(19-24-8-6-22(4)7-9-24)29(34)31-17-23-10-12-25(13-11-23)36-20-21(2)3/h6-13,21,26-27,30H,5,14-20H2,1-4H3,(H,31,34). The van der Waals surface area contributed by atoms with Crippen molar-refractivity contribution < 1.29 is 19.1 Å². The summed E-state index contributed by atoms with van der Waals surface area (Å²) in [6.45, 7) is 11.4. The summed E-state index contributed by atoms with van der Waals surface area (Å²) in [6.07, 6.45) is 1.46. The number of nitrogens with one attached hydrogen (secondary N) is 2. The molecule has 7 heteroatoms. The molecule has 1 heterocycles. The number of aryl methyl sites for hydroxylation is 1. The normalized spacial score (nSPS) is 17.5. The van der Waals surface area contributed by atoms with Gasteiger partial charge in [0.25, 0.3) is 0 Å². The second-order valence-electron chi connectivity index (χ2n) is 9.96. The van der Waals surface area contributed by atoms with Crippen molar-refractivity contribution in [3.05, 3.63) is 65.2 Å². The maximum Gasteiger partial charge on any atom is 0.318 e. The zero-order chi connectivity index (χ0) is 25.9. The van der Waals surface area contributed by atoms with E-state index in [1.165, 1.54) is 5.56 Å². The van der Waals surface area contributed by atoms with Gasteiger partial charge >= 0.3 is 12.0 Å². The Morgan fingerprint density at radius 2 is 1.78 bits per heavy atom. The van der Waals surface area contributed by atoms with Crippen LogP contribution in [0.2, 0.25) is 0 Å². The predicted octanol–water partition coefficient (Wildman–Crippen LogP) is 4.67. The molecule has 2 aromatic carbocycles. The Hall–Kier alpha value is -3.06. The molecule has 1 aliphatic heterocycles. The summed E-state index contributed by atoms with van der Waals surface area (Å²) < 4.78 is 11.2. The number of carbonyl (C=O) groups excluding carboxylic acids is 2. The van der Waals surface area contributed by atoms with Crippen LogP contribution in [0.1, 0.15) is 50.3 Å². The number of nitrogens with zero attached hydrogens (tertiary/aromatic N) is 1. The largest absolute Gasteiger partial charge is 0.493 e. The van der Waals surface area contributed by atoms with Crippen molar-refractivity contribution in [3.63, 3.8) is 0 Å². The van der Waals surface area contributed by atoms with E-state index in [0.29, 0.717) is 45.2 Å². The van der Waals surface area contributed by atoms with Gasteiger partial charge < -0.3 is 25.0 Å². The van der Waals surface area contributed by atoms with Crippen LogP contribution in [0.3, 0.4) is 0 Å². The fourth-order valence-corrected chi connectivity index (χ4v) is 4.24. The molecule has 0 radical (unpaired) electrons. The molecule has 2 N–H and O–H groups in total. The van der Waals surface area contributed by atoms with Crippen LogP contribution in [0.15, 0.2) is 48.5 Å². The zero-order valence-corrected chi connectivity index (χ0v) is 22.1. The van der Waals surface area contributed by atoms with Gasteiger partial charge in [0.15, 0.2) is 0 Å². The van der Waals surface area contributed by atoms with Crippen LogP contribution < -0.4 is 15.4 Å². The Morgan fingerprint density at radius 3 is 2.44 bits per heavy atom. The number of rotatable bonds is 11. The molecule has 0 aromatic heterocycles. The smallest absolute Gasteiger partial charge is 0.318 e. The summed E-state index contributed by atoms with van der Waals surface area (Å²) in [5, 5.41) is 6.37. The molecule has 2 amide bonds. The number of carbonyl (C=O) groups is 2. The van der Waals surface area contributed by atoms with Gasteiger partial charge in [0.2, 0.25) is 0 Å². The molecule has 0 saturated carbocycles. The van der Waals surface area contributed by atoms with E-state index in [1.54, 1.807) is 0 Å². The van der Waals surface area contributed by atoms with Gasteiger partial charge in [-0.3, -0.25) is 4.79 Å². The van der Waals surface area contributed by atoms with E-state index < -0.39 is 5.92 Å². The topological polar surface area (TPSA) is 79.9 Å². The Labute approximate surface area is 215 Å². The summed E-state index contributed by atoms with van der Waals surface area (Å²) in [6, 6.07) is 15.5. The van der Waals surface area contributed by atoms with E-state index in [0.717, 1.165) is 29.8 Å². The van der Waals surface area contributed by atoms with Gasteiger partial charge in [-0.05, 0) is 55.5 Å². The third kappa shape index (κ3) is 8.26. The molecule has 36 heavy (non-hydrogen) atoms. The molecule has 0 spiro atoms. The van der Waals surface area contributed by atoms with Crippen molar-refractivity contribution >= 4 is 12.0 Å². The monoisotopic (exact) mass is 495 g/mol. The lowest BCUT2D eigenvalue weighted by molar-refractivity contribution is -0.151. The first-order valence-corrected chi connectivity index (χ1v) is 13.1. The number of hydrogen-bond acceptors (Lipinski definition) is 5. The van der Waals surface area contributed by atoms with Gasteiger partial charge in [-0.15, -0.1) is 0 Å². The highest BCUT2D eigenvalue weighted by Crippen LogP contribution is 2.23. The first-order valence-electron chi connectivity index (χ1n) is 13.1. The van der Waals surface area contributed by atoms with Gasteiger partial charge in [-0.25, -0.2) is 4.79 Å². The molecule has 2 atom stereocenters. The Morgan fingerprint density at radius 1 is 1.08 bits per heavy atom. The Bertz CT molecular complexity index is 959. The van der Waals surface area contributed by atoms with Gasteiger partial charge in [-0.2, -0.15) is 0 Å². The molecular weight excluding hydrogens is 454 g/mol. The molecule has 1 saturated heterocycles. The quantitative estimate of drug-likeness (QED) is 0.443. The molecule has 7 nitrogen and oxygen atoms in total. The first-order chi connectivity index (χ1) is 17.4. The van der Waals surface area contributed by atoms with Crippen molar-refractivity contribution in [2.75, 3.05) is 26.3 Å². The number of benzene rings is 2. The lowest BCUT2D eigenvalue weighted by Crippen LogP contribution is -2.56. The van der Waals surface area contributed by atoms with Crippen LogP contribution in [-0.2, 0) is 22.6 Å². The highest BCUT2D eigenvalue weighted by atomic mass is 16.5. The summed E-state index contributed by atoms with van der Waals surface area (Å²) in [5.41, 5.74) is 3.18. The van der Waals surface area contributed by atoms with E-state index in [9.17, 15) is 9.59 Å². The third-order valence-corrected chi connectivity index (χ3v) is 6.28. The van der Waals surface area contributed by atoms with Gasteiger partial charge in [0, 0.05) is 25.7 Å².